The summed E-state index contributed by atoms with van der Waals surface area (Å²) in [5.74, 6) is 1.90. The number of fused-ring (bicyclic) bond motifs is 1. The van der Waals surface area contributed by atoms with Crippen molar-refractivity contribution in [3.8, 4) is 0 Å². The van der Waals surface area contributed by atoms with E-state index >= 15 is 0 Å². The minimum absolute atomic E-state index is 0.855. The van der Waals surface area contributed by atoms with Gasteiger partial charge in [0.15, 0.2) is 0 Å². The molecule has 0 amide bonds. The first kappa shape index (κ1) is 14.3. The molecule has 2 aliphatic rings. The van der Waals surface area contributed by atoms with Crippen LogP contribution in [0.25, 0.3) is 0 Å². The normalized spacial score (nSPS) is 28.8. The molecule has 1 saturated heterocycles. The van der Waals surface area contributed by atoms with Gasteiger partial charge in [0.05, 0.1) is 0 Å². The highest BCUT2D eigenvalue weighted by Crippen LogP contribution is 2.35. The molecular weight excluding hydrogens is 220 g/mol. The van der Waals surface area contributed by atoms with Crippen LogP contribution in [0, 0.1) is 11.8 Å². The maximum absolute atomic E-state index is 3.62. The molecule has 0 radical (unpaired) electrons. The Hall–Kier alpha value is -0.0800. The van der Waals surface area contributed by atoms with Gasteiger partial charge in [0.2, 0.25) is 0 Å². The van der Waals surface area contributed by atoms with Crippen molar-refractivity contribution in [2.45, 2.75) is 64.8 Å². The van der Waals surface area contributed by atoms with Crippen LogP contribution < -0.4 is 5.32 Å². The lowest BCUT2D eigenvalue weighted by molar-refractivity contribution is 0.183. The van der Waals surface area contributed by atoms with E-state index in [0.717, 1.165) is 17.9 Å². The predicted octanol–water partition coefficient (Wildman–Crippen LogP) is 3.28. The Morgan fingerprint density at radius 2 is 1.94 bits per heavy atom. The molecule has 18 heavy (non-hydrogen) atoms. The van der Waals surface area contributed by atoms with Gasteiger partial charge < -0.3 is 5.32 Å². The molecule has 2 heteroatoms. The van der Waals surface area contributed by atoms with Gasteiger partial charge in [0.25, 0.3) is 0 Å². The van der Waals surface area contributed by atoms with Crippen molar-refractivity contribution in [1.82, 2.24) is 10.2 Å². The van der Waals surface area contributed by atoms with Gasteiger partial charge >= 0.3 is 0 Å². The van der Waals surface area contributed by atoms with Crippen LogP contribution in [0.1, 0.15) is 58.8 Å². The quantitative estimate of drug-likeness (QED) is 0.700. The molecule has 2 unspecified atom stereocenters. The summed E-state index contributed by atoms with van der Waals surface area (Å²) in [5.41, 5.74) is 0. The van der Waals surface area contributed by atoms with Crippen LogP contribution in [0.2, 0.25) is 0 Å². The Bertz CT molecular complexity index is 227. The van der Waals surface area contributed by atoms with Crippen molar-refractivity contribution in [1.29, 1.82) is 0 Å². The van der Waals surface area contributed by atoms with E-state index in [1.165, 1.54) is 71.1 Å². The predicted molar refractivity (Wildman–Crippen MR) is 78.9 cm³/mol. The monoisotopic (exact) mass is 252 g/mol. The van der Waals surface area contributed by atoms with E-state index in [1.807, 2.05) is 0 Å². The first-order valence-corrected chi connectivity index (χ1v) is 8.22. The minimum Gasteiger partial charge on any atom is -0.315 e. The van der Waals surface area contributed by atoms with Gasteiger partial charge in [0.1, 0.15) is 0 Å². The smallest absolute Gasteiger partial charge is 0.0124 e. The zero-order chi connectivity index (χ0) is 12.8. The molecule has 1 aliphatic carbocycles. The second-order valence-electron chi connectivity index (χ2n) is 6.72. The molecule has 0 aromatic carbocycles. The van der Waals surface area contributed by atoms with Crippen LogP contribution in [-0.4, -0.2) is 37.1 Å². The molecular formula is C16H32N2. The summed E-state index contributed by atoms with van der Waals surface area (Å²) in [7, 11) is 0. The van der Waals surface area contributed by atoms with Crippen LogP contribution in [-0.2, 0) is 0 Å². The van der Waals surface area contributed by atoms with Crippen LogP contribution in [0.5, 0.6) is 0 Å². The highest BCUT2D eigenvalue weighted by atomic mass is 15.2. The molecule has 0 aromatic rings. The van der Waals surface area contributed by atoms with Gasteiger partial charge in [-0.1, -0.05) is 26.7 Å². The maximum Gasteiger partial charge on any atom is 0.0124 e. The zero-order valence-corrected chi connectivity index (χ0v) is 12.5. The largest absolute Gasteiger partial charge is 0.315 e. The minimum atomic E-state index is 0.855. The number of nitrogens with zero attached hydrogens (tertiary/aromatic N) is 1. The molecule has 0 aromatic heterocycles. The summed E-state index contributed by atoms with van der Waals surface area (Å²) in [6, 6.07) is 0.941. The number of hydrogen-bond donors (Lipinski definition) is 1. The third-order valence-corrected chi connectivity index (χ3v) is 4.84. The summed E-state index contributed by atoms with van der Waals surface area (Å²) < 4.78 is 0. The van der Waals surface area contributed by atoms with Crippen molar-refractivity contribution >= 4 is 0 Å². The Balaban J connectivity index is 1.54. The van der Waals surface area contributed by atoms with E-state index in [4.69, 9.17) is 0 Å². The van der Waals surface area contributed by atoms with Crippen molar-refractivity contribution in [3.05, 3.63) is 0 Å². The standard InChI is InChI=1S/C16H32N2/c1-14(2)6-5-10-17-11-13-18-12-9-15-7-3-4-8-16(15)18/h14-17H,3-13H2,1-2H3. The summed E-state index contributed by atoms with van der Waals surface area (Å²) in [6.45, 7) is 9.67. The maximum atomic E-state index is 3.62. The topological polar surface area (TPSA) is 15.3 Å². The highest BCUT2D eigenvalue weighted by molar-refractivity contribution is 4.89. The summed E-state index contributed by atoms with van der Waals surface area (Å²) >= 11 is 0. The van der Waals surface area contributed by atoms with Crippen molar-refractivity contribution in [3.63, 3.8) is 0 Å². The molecule has 106 valence electrons. The number of nitrogens with one attached hydrogen (secondary N) is 1. The lowest BCUT2D eigenvalue weighted by atomic mass is 9.85. The molecule has 1 heterocycles. The summed E-state index contributed by atoms with van der Waals surface area (Å²) in [4.78, 5) is 2.76. The van der Waals surface area contributed by atoms with E-state index in [0.29, 0.717) is 0 Å². The molecule has 1 saturated carbocycles. The lowest BCUT2D eigenvalue weighted by Crippen LogP contribution is -2.39. The second kappa shape index (κ2) is 7.49. The van der Waals surface area contributed by atoms with Crippen molar-refractivity contribution in [2.75, 3.05) is 26.2 Å². The van der Waals surface area contributed by atoms with Crippen molar-refractivity contribution in [2.24, 2.45) is 11.8 Å². The van der Waals surface area contributed by atoms with Gasteiger partial charge in [0, 0.05) is 19.1 Å². The van der Waals surface area contributed by atoms with Crippen molar-refractivity contribution < 1.29 is 0 Å². The zero-order valence-electron chi connectivity index (χ0n) is 12.5. The molecule has 0 spiro atoms. The van der Waals surface area contributed by atoms with E-state index in [2.05, 4.69) is 24.1 Å². The average molecular weight is 252 g/mol. The Kier molecular flexibility index (Phi) is 5.97. The summed E-state index contributed by atoms with van der Waals surface area (Å²) in [5, 5.41) is 3.62. The van der Waals surface area contributed by atoms with Gasteiger partial charge in [-0.15, -0.1) is 0 Å². The third-order valence-electron chi connectivity index (χ3n) is 4.84. The van der Waals surface area contributed by atoms with Crippen LogP contribution in [0.3, 0.4) is 0 Å². The fourth-order valence-electron chi connectivity index (χ4n) is 3.76. The fourth-order valence-corrected chi connectivity index (χ4v) is 3.76. The van der Waals surface area contributed by atoms with E-state index in [9.17, 15) is 0 Å². The van der Waals surface area contributed by atoms with E-state index < -0.39 is 0 Å². The summed E-state index contributed by atoms with van der Waals surface area (Å²) in [6.07, 6.45) is 10.1. The first-order valence-electron chi connectivity index (χ1n) is 8.22. The Morgan fingerprint density at radius 1 is 1.11 bits per heavy atom. The number of rotatable bonds is 7. The van der Waals surface area contributed by atoms with Gasteiger partial charge in [-0.3, -0.25) is 4.90 Å². The fraction of sp³-hybridized carbons (Fsp3) is 1.00. The van der Waals surface area contributed by atoms with Gasteiger partial charge in [-0.25, -0.2) is 0 Å². The van der Waals surface area contributed by atoms with E-state index in [-0.39, 0.29) is 0 Å². The number of likely N-dealkylation sites (tertiary alicyclic amines) is 1. The molecule has 2 rings (SSSR count). The third kappa shape index (κ3) is 4.24. The second-order valence-corrected chi connectivity index (χ2v) is 6.72. The van der Waals surface area contributed by atoms with E-state index in [1.54, 1.807) is 0 Å². The van der Waals surface area contributed by atoms with Gasteiger partial charge in [-0.05, 0) is 57.0 Å². The average Bonchev–Trinajstić information content (AvgIpc) is 2.77. The Morgan fingerprint density at radius 3 is 2.78 bits per heavy atom. The molecule has 1 aliphatic heterocycles. The molecule has 1 N–H and O–H groups in total. The van der Waals surface area contributed by atoms with Crippen LogP contribution in [0.15, 0.2) is 0 Å². The lowest BCUT2D eigenvalue weighted by Gasteiger charge is -2.31. The molecule has 2 fully saturated rings. The van der Waals surface area contributed by atoms with Crippen LogP contribution >= 0.6 is 0 Å². The molecule has 2 nitrogen and oxygen atoms in total. The number of hydrogen-bond acceptors (Lipinski definition) is 2. The van der Waals surface area contributed by atoms with Crippen LogP contribution in [0.4, 0.5) is 0 Å². The SMILES string of the molecule is CC(C)CCCNCCN1CCC2CCCCC21. The molecule has 0 bridgehead atoms. The molecule has 2 atom stereocenters. The first-order chi connectivity index (χ1) is 8.77. The highest BCUT2D eigenvalue weighted by Gasteiger charge is 2.34. The van der Waals surface area contributed by atoms with Gasteiger partial charge in [-0.2, -0.15) is 0 Å². The Labute approximate surface area is 114 Å².